The van der Waals surface area contributed by atoms with Gasteiger partial charge in [-0.3, -0.25) is 9.59 Å². The predicted molar refractivity (Wildman–Crippen MR) is 138 cm³/mol. The second kappa shape index (κ2) is 10.5. The molecule has 8 atom stereocenters. The molecular formula is C29H32FNaO9S. The van der Waals surface area contributed by atoms with Gasteiger partial charge in [-0.1, -0.05) is 31.6 Å². The summed E-state index contributed by atoms with van der Waals surface area (Å²) in [5.74, 6) is -3.93. The van der Waals surface area contributed by atoms with Crippen molar-refractivity contribution < 1.29 is 76.3 Å². The van der Waals surface area contributed by atoms with Crippen LogP contribution in [0, 0.1) is 28.6 Å². The van der Waals surface area contributed by atoms with E-state index in [4.69, 9.17) is 4.74 Å². The van der Waals surface area contributed by atoms with Gasteiger partial charge in [0.05, 0.1) is 16.6 Å². The Morgan fingerprint density at radius 1 is 1.22 bits per heavy atom. The van der Waals surface area contributed by atoms with Crippen LogP contribution in [0.25, 0.3) is 0 Å². The largest absolute Gasteiger partial charge is 1.00 e. The molecule has 0 bridgehead atoms. The number of hydrogen-bond donors (Lipinski definition) is 2. The van der Waals surface area contributed by atoms with E-state index in [0.717, 1.165) is 12.1 Å². The van der Waals surface area contributed by atoms with Gasteiger partial charge in [-0.15, -0.1) is 0 Å². The standard InChI is InChI=1S/C29H33FO9S.Na/c1-16-11-22-21-8-7-18-13-19(31)9-10-26(18,2)28(21,30)23(32)14-27(22,3)29(16,35)24(33)15-39-25(34)17-5-4-6-20(12-17)40(36,37)38;/h4-6,9-10,12-13,16,21-23,32,35H,7-8,11,14-15H2,1-3H3,(H,36,37,38);/q;+1/p-1/t16-,21+,22+,23+,26+,27+,28+,29+;/m1./s1. The molecule has 1 aromatic rings. The molecule has 12 heteroatoms. The van der Waals surface area contributed by atoms with Gasteiger partial charge in [-0.05, 0) is 74.8 Å². The molecule has 3 fully saturated rings. The van der Waals surface area contributed by atoms with E-state index >= 15 is 4.39 Å². The third-order valence-electron chi connectivity index (χ3n) is 10.3. The Morgan fingerprint density at radius 3 is 2.56 bits per heavy atom. The molecule has 0 unspecified atom stereocenters. The van der Waals surface area contributed by atoms with E-state index in [0.29, 0.717) is 24.8 Å². The number of rotatable bonds is 5. The monoisotopic (exact) mass is 598 g/mol. The Bertz CT molecular complexity index is 1470. The molecule has 4 aliphatic rings. The van der Waals surface area contributed by atoms with Gasteiger partial charge in [-0.25, -0.2) is 17.6 Å². The van der Waals surface area contributed by atoms with E-state index < -0.39 is 79.3 Å². The van der Waals surface area contributed by atoms with Crippen LogP contribution in [0.15, 0.2) is 53.0 Å². The van der Waals surface area contributed by atoms with Crippen molar-refractivity contribution in [3.05, 3.63) is 53.6 Å². The maximum atomic E-state index is 17.3. The second-order valence-electron chi connectivity index (χ2n) is 12.1. The number of ether oxygens (including phenoxy) is 1. The minimum Gasteiger partial charge on any atom is -0.744 e. The average Bonchev–Trinajstić information content (AvgIpc) is 3.09. The van der Waals surface area contributed by atoms with Crippen molar-refractivity contribution in [3.8, 4) is 0 Å². The zero-order valence-electron chi connectivity index (χ0n) is 23.4. The van der Waals surface area contributed by atoms with Crippen molar-refractivity contribution in [2.75, 3.05) is 6.61 Å². The number of esters is 1. The molecule has 216 valence electrons. The number of fused-ring (bicyclic) bond motifs is 5. The van der Waals surface area contributed by atoms with Gasteiger partial charge in [0.25, 0.3) is 0 Å². The van der Waals surface area contributed by atoms with E-state index in [1.165, 1.54) is 30.4 Å². The third kappa shape index (κ3) is 4.54. The SMILES string of the molecule is C[C@@H]1C[C@H]2[C@@H]3CCC4=CC(=O)C=C[C@]4(C)[C@@]3(F)[C@@H](O)C[C@]2(C)[C@@]1(O)C(=O)COC(=O)c1cccc(S(=O)(=O)[O-])c1.[Na+]. The summed E-state index contributed by atoms with van der Waals surface area (Å²) in [5, 5.41) is 23.4. The first-order chi connectivity index (χ1) is 18.5. The molecule has 0 radical (unpaired) electrons. The normalized spacial score (nSPS) is 39.5. The van der Waals surface area contributed by atoms with E-state index in [2.05, 4.69) is 0 Å². The topological polar surface area (TPSA) is 158 Å². The van der Waals surface area contributed by atoms with Gasteiger partial charge in [0.2, 0.25) is 5.78 Å². The molecule has 0 aromatic heterocycles. The Kier molecular flexibility index (Phi) is 8.22. The number of aliphatic hydroxyl groups excluding tert-OH is 1. The molecule has 0 amide bonds. The summed E-state index contributed by atoms with van der Waals surface area (Å²) < 4.78 is 56.3. The molecule has 3 saturated carbocycles. The number of halogens is 1. The van der Waals surface area contributed by atoms with E-state index in [9.17, 15) is 37.6 Å². The summed E-state index contributed by atoms with van der Waals surface area (Å²) in [6.45, 7) is 4.18. The molecule has 1 aromatic carbocycles. The fourth-order valence-corrected chi connectivity index (χ4v) is 8.76. The number of Topliss-reactive ketones (excluding diaryl/α,β-unsaturated/α-hetero) is 1. The maximum Gasteiger partial charge on any atom is 1.00 e. The number of carbonyl (C=O) groups excluding carboxylic acids is 3. The fraction of sp³-hybridized carbons (Fsp3) is 0.552. The van der Waals surface area contributed by atoms with Gasteiger partial charge in [0, 0.05) is 16.7 Å². The summed E-state index contributed by atoms with van der Waals surface area (Å²) in [6.07, 6.45) is 3.60. The van der Waals surface area contributed by atoms with Crippen LogP contribution >= 0.6 is 0 Å². The Balaban J connectivity index is 0.00000387. The summed E-state index contributed by atoms with van der Waals surface area (Å²) in [7, 11) is -4.82. The molecule has 5 rings (SSSR count). The van der Waals surface area contributed by atoms with Crippen molar-refractivity contribution >= 4 is 27.7 Å². The average molecular weight is 599 g/mol. The first kappa shape index (κ1) is 32.2. The first-order valence-electron chi connectivity index (χ1n) is 13.3. The van der Waals surface area contributed by atoms with Crippen LogP contribution < -0.4 is 29.6 Å². The summed E-state index contributed by atoms with van der Waals surface area (Å²) >= 11 is 0. The van der Waals surface area contributed by atoms with Gasteiger partial charge in [0.1, 0.15) is 15.7 Å². The van der Waals surface area contributed by atoms with Crippen molar-refractivity contribution in [1.29, 1.82) is 0 Å². The summed E-state index contributed by atoms with van der Waals surface area (Å²) in [5.41, 5.74) is -6.24. The number of ketones is 2. The molecular weight excluding hydrogens is 566 g/mol. The molecule has 0 saturated heterocycles. The molecule has 0 heterocycles. The van der Waals surface area contributed by atoms with Gasteiger partial charge < -0.3 is 19.5 Å². The quantitative estimate of drug-likeness (QED) is 0.263. The van der Waals surface area contributed by atoms with Crippen molar-refractivity contribution in [1.82, 2.24) is 0 Å². The van der Waals surface area contributed by atoms with Gasteiger partial charge >= 0.3 is 35.5 Å². The zero-order valence-corrected chi connectivity index (χ0v) is 26.2. The first-order valence-corrected chi connectivity index (χ1v) is 14.7. The molecule has 0 spiro atoms. The minimum atomic E-state index is -4.82. The van der Waals surface area contributed by atoms with Crippen molar-refractivity contribution in [2.24, 2.45) is 28.6 Å². The minimum absolute atomic E-state index is 0. The number of benzene rings is 1. The van der Waals surface area contributed by atoms with E-state index in [1.807, 2.05) is 0 Å². The van der Waals surface area contributed by atoms with Gasteiger partial charge in [-0.2, -0.15) is 0 Å². The van der Waals surface area contributed by atoms with Crippen LogP contribution in [-0.2, 0) is 24.4 Å². The van der Waals surface area contributed by atoms with Crippen LogP contribution in [0.3, 0.4) is 0 Å². The van der Waals surface area contributed by atoms with E-state index in [-0.39, 0.29) is 47.3 Å². The second-order valence-corrected chi connectivity index (χ2v) is 13.5. The molecule has 4 aliphatic carbocycles. The van der Waals surface area contributed by atoms with Crippen LogP contribution in [0.2, 0.25) is 0 Å². The Morgan fingerprint density at radius 2 is 1.90 bits per heavy atom. The van der Waals surface area contributed by atoms with Crippen LogP contribution in [0.5, 0.6) is 0 Å². The Labute approximate surface area is 260 Å². The van der Waals surface area contributed by atoms with Crippen molar-refractivity contribution in [2.45, 2.75) is 68.7 Å². The molecule has 9 nitrogen and oxygen atoms in total. The zero-order chi connectivity index (χ0) is 29.5. The smallest absolute Gasteiger partial charge is 0.744 e. The Hall–Kier alpha value is -1.73. The van der Waals surface area contributed by atoms with Crippen LogP contribution in [0.1, 0.15) is 56.8 Å². The van der Waals surface area contributed by atoms with Crippen LogP contribution in [-0.4, -0.2) is 64.7 Å². The summed E-state index contributed by atoms with van der Waals surface area (Å²) in [4.78, 5) is 37.5. The maximum absolute atomic E-state index is 17.3. The van der Waals surface area contributed by atoms with E-state index in [1.54, 1.807) is 20.8 Å². The number of hydrogen-bond acceptors (Lipinski definition) is 9. The number of alkyl halides is 1. The molecule has 2 N–H and O–H groups in total. The number of carbonyl (C=O) groups is 3. The number of allylic oxidation sites excluding steroid dienone is 4. The predicted octanol–water partition coefficient (Wildman–Crippen LogP) is -0.331. The van der Waals surface area contributed by atoms with Crippen LogP contribution in [0.4, 0.5) is 4.39 Å². The van der Waals surface area contributed by atoms with Gasteiger partial charge in [0.15, 0.2) is 18.1 Å². The molecule has 0 aliphatic heterocycles. The third-order valence-corrected chi connectivity index (χ3v) is 11.2. The van der Waals surface area contributed by atoms with Crippen molar-refractivity contribution in [3.63, 3.8) is 0 Å². The summed E-state index contributed by atoms with van der Waals surface area (Å²) in [6, 6.07) is 4.29. The number of aliphatic hydroxyl groups is 2. The molecule has 41 heavy (non-hydrogen) atoms. The fourth-order valence-electron chi connectivity index (χ4n) is 8.24.